The van der Waals surface area contributed by atoms with E-state index in [0.717, 1.165) is 12.8 Å². The highest BCUT2D eigenvalue weighted by atomic mass is 35.5. The van der Waals surface area contributed by atoms with Crippen LogP contribution in [0, 0.1) is 0 Å². The van der Waals surface area contributed by atoms with Crippen molar-refractivity contribution in [1.82, 2.24) is 4.90 Å². The molecule has 18 heavy (non-hydrogen) atoms. The van der Waals surface area contributed by atoms with Gasteiger partial charge in [0.2, 0.25) is 0 Å². The Morgan fingerprint density at radius 3 is 2.22 bits per heavy atom. The average molecular weight is 327 g/mol. The van der Waals surface area contributed by atoms with Crippen molar-refractivity contribution in [3.05, 3.63) is 14.4 Å². The van der Waals surface area contributed by atoms with Gasteiger partial charge in [0.15, 0.2) is 5.06 Å². The highest BCUT2D eigenvalue weighted by molar-refractivity contribution is 7.19. The zero-order chi connectivity index (χ0) is 12.9. The zero-order valence-electron chi connectivity index (χ0n) is 9.96. The summed E-state index contributed by atoms with van der Waals surface area (Å²) in [7, 11) is 2.21. The number of halogens is 3. The summed E-state index contributed by atoms with van der Waals surface area (Å²) < 4.78 is 6.51. The molecule has 0 N–H and O–H groups in total. The van der Waals surface area contributed by atoms with Crippen molar-refractivity contribution in [3.8, 4) is 5.06 Å². The fourth-order valence-electron chi connectivity index (χ4n) is 3.03. The molecule has 0 amide bonds. The molecule has 0 aromatic carbocycles. The maximum absolute atomic E-state index is 6.11. The second-order valence-corrected chi connectivity index (χ2v) is 7.39. The van der Waals surface area contributed by atoms with Gasteiger partial charge in [-0.3, -0.25) is 0 Å². The third-order valence-electron chi connectivity index (χ3n) is 4.06. The Kier molecular flexibility index (Phi) is 3.72. The Labute approximate surface area is 126 Å². The van der Waals surface area contributed by atoms with Crippen molar-refractivity contribution in [3.63, 3.8) is 0 Å². The molecule has 2 bridgehead atoms. The van der Waals surface area contributed by atoms with Crippen LogP contribution in [0.2, 0.25) is 14.4 Å². The van der Waals surface area contributed by atoms with Gasteiger partial charge in [0.1, 0.15) is 15.5 Å². The van der Waals surface area contributed by atoms with Gasteiger partial charge in [-0.25, -0.2) is 0 Å². The first-order chi connectivity index (χ1) is 8.56. The first-order valence-corrected chi connectivity index (χ1v) is 8.03. The lowest BCUT2D eigenvalue weighted by Crippen LogP contribution is -2.43. The molecule has 2 aliphatic heterocycles. The van der Waals surface area contributed by atoms with Crippen LogP contribution in [0.4, 0.5) is 0 Å². The van der Waals surface area contributed by atoms with Crippen molar-refractivity contribution in [1.29, 1.82) is 0 Å². The minimum atomic E-state index is 0.238. The fourth-order valence-corrected chi connectivity index (χ4v) is 4.68. The van der Waals surface area contributed by atoms with E-state index < -0.39 is 0 Å². The molecule has 6 heteroatoms. The van der Waals surface area contributed by atoms with E-state index in [-0.39, 0.29) is 6.10 Å². The van der Waals surface area contributed by atoms with Crippen molar-refractivity contribution < 1.29 is 4.74 Å². The molecule has 1 unspecified atom stereocenters. The summed E-state index contributed by atoms with van der Waals surface area (Å²) in [6.07, 6.45) is 4.93. The number of thiophene rings is 1. The van der Waals surface area contributed by atoms with Crippen molar-refractivity contribution in [2.24, 2.45) is 0 Å². The maximum Gasteiger partial charge on any atom is 0.196 e. The first-order valence-electron chi connectivity index (χ1n) is 6.08. The summed E-state index contributed by atoms with van der Waals surface area (Å²) in [6, 6.07) is 1.30. The SMILES string of the molecule is CN1[C@@H]2CC[C@H]1CC(Oc1sc(Cl)c(Cl)c1Cl)C2. The largest absolute Gasteiger partial charge is 0.479 e. The standard InChI is InChI=1S/C12H14Cl3NOS/c1-16-6-2-3-7(16)5-8(4-6)17-12-10(14)9(13)11(15)18-12/h6-8H,2-5H2,1H3/t6-,7+,8?. The molecular weight excluding hydrogens is 313 g/mol. The van der Waals surface area contributed by atoms with Gasteiger partial charge in [0, 0.05) is 12.1 Å². The summed E-state index contributed by atoms with van der Waals surface area (Å²) in [5.41, 5.74) is 0. The predicted molar refractivity (Wildman–Crippen MR) is 77.6 cm³/mol. The van der Waals surface area contributed by atoms with Gasteiger partial charge >= 0.3 is 0 Å². The summed E-state index contributed by atoms with van der Waals surface area (Å²) in [5.74, 6) is 0. The van der Waals surface area contributed by atoms with Crippen LogP contribution in [0.25, 0.3) is 0 Å². The van der Waals surface area contributed by atoms with Gasteiger partial charge in [0.05, 0.1) is 5.02 Å². The number of hydrogen-bond acceptors (Lipinski definition) is 3. The molecular formula is C12H14Cl3NOS. The number of nitrogens with zero attached hydrogens (tertiary/aromatic N) is 1. The van der Waals surface area contributed by atoms with Crippen molar-refractivity contribution in [2.45, 2.75) is 43.9 Å². The maximum atomic E-state index is 6.11. The quantitative estimate of drug-likeness (QED) is 0.780. The molecule has 0 radical (unpaired) electrons. The highest BCUT2D eigenvalue weighted by Gasteiger charge is 2.39. The summed E-state index contributed by atoms with van der Waals surface area (Å²) >= 11 is 19.4. The highest BCUT2D eigenvalue weighted by Crippen LogP contribution is 2.47. The lowest BCUT2D eigenvalue weighted by molar-refractivity contribution is 0.0686. The van der Waals surface area contributed by atoms with Gasteiger partial charge in [0.25, 0.3) is 0 Å². The topological polar surface area (TPSA) is 12.5 Å². The molecule has 1 aromatic rings. The third-order valence-corrected chi connectivity index (χ3v) is 6.50. The minimum absolute atomic E-state index is 0.238. The molecule has 2 saturated heterocycles. The van der Waals surface area contributed by atoms with Crippen LogP contribution in [-0.4, -0.2) is 30.1 Å². The molecule has 0 spiro atoms. The molecule has 1 aromatic heterocycles. The van der Waals surface area contributed by atoms with Crippen LogP contribution in [0.1, 0.15) is 25.7 Å². The molecule has 2 nitrogen and oxygen atoms in total. The van der Waals surface area contributed by atoms with Crippen LogP contribution >= 0.6 is 46.1 Å². The Morgan fingerprint density at radius 2 is 1.72 bits per heavy atom. The van der Waals surface area contributed by atoms with Gasteiger partial charge in [-0.1, -0.05) is 46.1 Å². The van der Waals surface area contributed by atoms with Gasteiger partial charge < -0.3 is 9.64 Å². The number of rotatable bonds is 2. The number of ether oxygens (including phenoxy) is 1. The smallest absolute Gasteiger partial charge is 0.196 e. The lowest BCUT2D eigenvalue weighted by atomic mass is 10.0. The van der Waals surface area contributed by atoms with Crippen molar-refractivity contribution >= 4 is 46.1 Å². The number of fused-ring (bicyclic) bond motifs is 2. The molecule has 100 valence electrons. The van der Waals surface area contributed by atoms with Gasteiger partial charge in [-0.05, 0) is 32.7 Å². The van der Waals surface area contributed by atoms with Gasteiger partial charge in [-0.2, -0.15) is 0 Å². The molecule has 3 rings (SSSR count). The van der Waals surface area contributed by atoms with E-state index in [9.17, 15) is 0 Å². The Hall–Kier alpha value is 0.330. The molecule has 3 heterocycles. The van der Waals surface area contributed by atoms with Crippen LogP contribution in [0.15, 0.2) is 0 Å². The minimum Gasteiger partial charge on any atom is -0.479 e. The molecule has 2 aliphatic rings. The monoisotopic (exact) mass is 325 g/mol. The Morgan fingerprint density at radius 1 is 1.11 bits per heavy atom. The third kappa shape index (κ3) is 2.25. The van der Waals surface area contributed by atoms with E-state index >= 15 is 0 Å². The van der Waals surface area contributed by atoms with Crippen LogP contribution in [0.3, 0.4) is 0 Å². The molecule has 3 atom stereocenters. The van der Waals surface area contributed by atoms with E-state index in [1.54, 1.807) is 0 Å². The van der Waals surface area contributed by atoms with E-state index in [1.807, 2.05) is 0 Å². The van der Waals surface area contributed by atoms with E-state index in [2.05, 4.69) is 11.9 Å². The second-order valence-electron chi connectivity index (χ2n) is 5.05. The number of piperidine rings is 1. The molecule has 0 saturated carbocycles. The van der Waals surface area contributed by atoms with Gasteiger partial charge in [-0.15, -0.1) is 0 Å². The van der Waals surface area contributed by atoms with Crippen LogP contribution < -0.4 is 4.74 Å². The fraction of sp³-hybridized carbons (Fsp3) is 0.667. The summed E-state index contributed by atoms with van der Waals surface area (Å²) in [4.78, 5) is 2.48. The normalized spacial score (nSPS) is 31.9. The number of hydrogen-bond donors (Lipinski definition) is 0. The summed E-state index contributed by atoms with van der Waals surface area (Å²) in [6.45, 7) is 0. The predicted octanol–water partition coefficient (Wildman–Crippen LogP) is 4.71. The Balaban J connectivity index is 1.72. The second kappa shape index (κ2) is 5.02. The van der Waals surface area contributed by atoms with Crippen LogP contribution in [-0.2, 0) is 0 Å². The van der Waals surface area contributed by atoms with E-state index in [0.29, 0.717) is 31.5 Å². The van der Waals surface area contributed by atoms with Crippen LogP contribution in [0.5, 0.6) is 5.06 Å². The average Bonchev–Trinajstić information content (AvgIpc) is 2.71. The molecule has 0 aliphatic carbocycles. The zero-order valence-corrected chi connectivity index (χ0v) is 13.0. The van der Waals surface area contributed by atoms with E-state index in [1.165, 1.54) is 24.2 Å². The lowest BCUT2D eigenvalue weighted by Gasteiger charge is -2.36. The molecule has 2 fully saturated rings. The summed E-state index contributed by atoms with van der Waals surface area (Å²) in [5, 5.41) is 1.53. The van der Waals surface area contributed by atoms with E-state index in [4.69, 9.17) is 39.5 Å². The van der Waals surface area contributed by atoms with Crippen molar-refractivity contribution in [2.75, 3.05) is 7.05 Å². The Bertz CT molecular complexity index is 450. The first kappa shape index (κ1) is 13.3.